The van der Waals surface area contributed by atoms with Crippen molar-refractivity contribution in [2.24, 2.45) is 9.98 Å². The Kier molecular flexibility index (Phi) is 5.60. The molecule has 33 heavy (non-hydrogen) atoms. The first-order chi connectivity index (χ1) is 15.9. The molecular formula is C27H24F3N3. The molecule has 1 heterocycles. The van der Waals surface area contributed by atoms with E-state index in [2.05, 4.69) is 11.1 Å². The van der Waals surface area contributed by atoms with Crippen LogP contribution in [0.15, 0.2) is 64.6 Å². The monoisotopic (exact) mass is 447 g/mol. The molecule has 3 aromatic rings. The van der Waals surface area contributed by atoms with Gasteiger partial charge < -0.3 is 0 Å². The summed E-state index contributed by atoms with van der Waals surface area (Å²) in [6.45, 7) is 2.03. The van der Waals surface area contributed by atoms with Crippen LogP contribution in [0.25, 0.3) is 0 Å². The van der Waals surface area contributed by atoms with Crippen molar-refractivity contribution >= 4 is 22.8 Å². The molecular weight excluding hydrogens is 423 g/mol. The second kappa shape index (κ2) is 8.58. The Morgan fingerprint density at radius 1 is 0.727 bits per heavy atom. The number of hydrogen-bond donors (Lipinski definition) is 0. The fraction of sp³-hybridized carbons (Fsp3) is 0.296. The molecule has 5 rings (SSSR count). The molecule has 1 aromatic heterocycles. The van der Waals surface area contributed by atoms with Crippen LogP contribution in [0.1, 0.15) is 59.3 Å². The standard InChI is InChI=1S/C27H24F3N3/c1-17-8-2-4-12-21(17)31-23-14-6-9-18-16-19-10-7-15-24(26(19)33-25(18)23)32-22-13-5-3-11-20(22)27(28,29)30/h2-5,8,11-13,16H,6-7,9-10,14-15H2,1H3/b31-23+,32-24+. The van der Waals surface area contributed by atoms with Crippen LogP contribution in [0.4, 0.5) is 24.5 Å². The molecule has 0 atom stereocenters. The molecule has 0 saturated carbocycles. The first-order valence-electron chi connectivity index (χ1n) is 11.3. The molecule has 2 aromatic carbocycles. The van der Waals surface area contributed by atoms with Gasteiger partial charge in [-0.1, -0.05) is 36.4 Å². The molecule has 0 spiro atoms. The van der Waals surface area contributed by atoms with Crippen molar-refractivity contribution in [1.82, 2.24) is 4.98 Å². The van der Waals surface area contributed by atoms with Gasteiger partial charge in [0.05, 0.1) is 39.7 Å². The van der Waals surface area contributed by atoms with Gasteiger partial charge in [-0.3, -0.25) is 9.98 Å². The average Bonchev–Trinajstić information content (AvgIpc) is 2.79. The number of pyridine rings is 1. The zero-order chi connectivity index (χ0) is 23.0. The summed E-state index contributed by atoms with van der Waals surface area (Å²) in [4.78, 5) is 14.4. The lowest BCUT2D eigenvalue weighted by Crippen LogP contribution is -2.21. The van der Waals surface area contributed by atoms with Gasteiger partial charge in [0.15, 0.2) is 0 Å². The molecule has 6 heteroatoms. The first kappa shape index (κ1) is 21.6. The van der Waals surface area contributed by atoms with Crippen molar-refractivity contribution in [1.29, 1.82) is 0 Å². The largest absolute Gasteiger partial charge is 0.418 e. The smallest absolute Gasteiger partial charge is 0.251 e. The molecule has 0 N–H and O–H groups in total. The van der Waals surface area contributed by atoms with E-state index in [0.717, 1.165) is 72.1 Å². The minimum atomic E-state index is -4.45. The lowest BCUT2D eigenvalue weighted by Gasteiger charge is -2.24. The van der Waals surface area contributed by atoms with E-state index >= 15 is 0 Å². The summed E-state index contributed by atoms with van der Waals surface area (Å²) >= 11 is 0. The van der Waals surface area contributed by atoms with Gasteiger partial charge in [-0.2, -0.15) is 13.2 Å². The van der Waals surface area contributed by atoms with E-state index in [1.807, 2.05) is 31.2 Å². The number of benzene rings is 2. The van der Waals surface area contributed by atoms with Crippen LogP contribution < -0.4 is 0 Å². The Morgan fingerprint density at radius 3 is 1.88 bits per heavy atom. The highest BCUT2D eigenvalue weighted by molar-refractivity contribution is 6.06. The number of para-hydroxylation sites is 2. The van der Waals surface area contributed by atoms with Crippen LogP contribution in [0.2, 0.25) is 0 Å². The number of halogens is 3. The van der Waals surface area contributed by atoms with Gasteiger partial charge in [0.1, 0.15) is 0 Å². The maximum absolute atomic E-state index is 13.5. The molecule has 0 bridgehead atoms. The zero-order valence-electron chi connectivity index (χ0n) is 18.4. The topological polar surface area (TPSA) is 37.6 Å². The Bertz CT molecular complexity index is 1270. The third-order valence-corrected chi connectivity index (χ3v) is 6.28. The van der Waals surface area contributed by atoms with Crippen LogP contribution in [0.3, 0.4) is 0 Å². The van der Waals surface area contributed by atoms with Crippen molar-refractivity contribution in [2.45, 2.75) is 51.6 Å². The summed E-state index contributed by atoms with van der Waals surface area (Å²) in [5.41, 5.74) is 6.63. The van der Waals surface area contributed by atoms with Crippen LogP contribution in [-0.4, -0.2) is 16.4 Å². The van der Waals surface area contributed by atoms with E-state index in [0.29, 0.717) is 12.1 Å². The highest BCUT2D eigenvalue weighted by atomic mass is 19.4. The fourth-order valence-corrected chi connectivity index (χ4v) is 4.62. The van der Waals surface area contributed by atoms with E-state index in [1.165, 1.54) is 17.7 Å². The predicted molar refractivity (Wildman–Crippen MR) is 125 cm³/mol. The highest BCUT2D eigenvalue weighted by Crippen LogP contribution is 2.37. The van der Waals surface area contributed by atoms with Gasteiger partial charge in [-0.05, 0) is 80.3 Å². The fourth-order valence-electron chi connectivity index (χ4n) is 4.62. The Balaban J connectivity index is 1.62. The van der Waals surface area contributed by atoms with Gasteiger partial charge in [0, 0.05) is 0 Å². The van der Waals surface area contributed by atoms with Gasteiger partial charge in [0.2, 0.25) is 0 Å². The maximum atomic E-state index is 13.5. The average molecular weight is 448 g/mol. The number of hydrogen-bond acceptors (Lipinski definition) is 3. The predicted octanol–water partition coefficient (Wildman–Crippen LogP) is 7.32. The number of nitrogens with zero attached hydrogens (tertiary/aromatic N) is 3. The summed E-state index contributed by atoms with van der Waals surface area (Å²) < 4.78 is 40.5. The molecule has 0 unspecified atom stereocenters. The molecule has 2 aliphatic rings. The summed E-state index contributed by atoms with van der Waals surface area (Å²) in [5, 5.41) is 0. The number of aryl methyl sites for hydroxylation is 3. The minimum absolute atomic E-state index is 0.0545. The third kappa shape index (κ3) is 4.34. The van der Waals surface area contributed by atoms with Gasteiger partial charge >= 0.3 is 6.18 Å². The normalized spacial score (nSPS) is 18.3. The van der Waals surface area contributed by atoms with Crippen molar-refractivity contribution < 1.29 is 13.2 Å². The molecule has 0 radical (unpaired) electrons. The summed E-state index contributed by atoms with van der Waals surface area (Å²) in [6.07, 6.45) is 0.648. The Hall–Kier alpha value is -3.28. The summed E-state index contributed by atoms with van der Waals surface area (Å²) in [7, 11) is 0. The number of alkyl halides is 3. The first-order valence-corrected chi connectivity index (χ1v) is 11.3. The quantitative estimate of drug-likeness (QED) is 0.405. The molecule has 2 aliphatic carbocycles. The Labute approximate surface area is 191 Å². The van der Waals surface area contributed by atoms with E-state index in [1.54, 1.807) is 6.07 Å². The third-order valence-electron chi connectivity index (χ3n) is 6.28. The van der Waals surface area contributed by atoms with E-state index in [4.69, 9.17) is 9.98 Å². The molecule has 0 aliphatic heterocycles. The highest BCUT2D eigenvalue weighted by Gasteiger charge is 2.33. The Morgan fingerprint density at radius 2 is 1.27 bits per heavy atom. The summed E-state index contributed by atoms with van der Waals surface area (Å²) in [6, 6.07) is 15.7. The minimum Gasteiger partial charge on any atom is -0.251 e. The SMILES string of the molecule is Cc1ccccc1/N=C1\CCCc2cc3c(nc21)/C(=N/c1ccccc1C(F)(F)F)CCC3. The molecule has 3 nitrogen and oxygen atoms in total. The zero-order valence-corrected chi connectivity index (χ0v) is 18.4. The number of aliphatic imine (C=N–C) groups is 2. The van der Waals surface area contributed by atoms with E-state index < -0.39 is 11.7 Å². The molecule has 168 valence electrons. The van der Waals surface area contributed by atoms with Crippen molar-refractivity contribution in [3.05, 3.63) is 88.2 Å². The van der Waals surface area contributed by atoms with Crippen LogP contribution >= 0.6 is 0 Å². The van der Waals surface area contributed by atoms with Gasteiger partial charge in [-0.25, -0.2) is 4.98 Å². The number of fused-ring (bicyclic) bond motifs is 2. The second-order valence-electron chi connectivity index (χ2n) is 8.63. The van der Waals surface area contributed by atoms with Crippen LogP contribution in [0, 0.1) is 6.92 Å². The molecule has 0 amide bonds. The van der Waals surface area contributed by atoms with E-state index in [-0.39, 0.29) is 5.69 Å². The maximum Gasteiger partial charge on any atom is 0.418 e. The lowest BCUT2D eigenvalue weighted by atomic mass is 9.87. The van der Waals surface area contributed by atoms with Crippen molar-refractivity contribution in [3.63, 3.8) is 0 Å². The second-order valence-corrected chi connectivity index (χ2v) is 8.63. The molecule has 0 fully saturated rings. The lowest BCUT2D eigenvalue weighted by molar-refractivity contribution is -0.137. The van der Waals surface area contributed by atoms with Gasteiger partial charge in [-0.15, -0.1) is 0 Å². The van der Waals surface area contributed by atoms with Crippen molar-refractivity contribution in [3.8, 4) is 0 Å². The van der Waals surface area contributed by atoms with Crippen LogP contribution in [0.5, 0.6) is 0 Å². The van der Waals surface area contributed by atoms with Gasteiger partial charge in [0.25, 0.3) is 0 Å². The van der Waals surface area contributed by atoms with Crippen molar-refractivity contribution in [2.75, 3.05) is 0 Å². The van der Waals surface area contributed by atoms with Crippen LogP contribution in [-0.2, 0) is 19.0 Å². The molecule has 0 saturated heterocycles. The number of aromatic nitrogens is 1. The summed E-state index contributed by atoms with van der Waals surface area (Å²) in [5.74, 6) is 0. The van der Waals surface area contributed by atoms with E-state index in [9.17, 15) is 13.2 Å². The number of rotatable bonds is 2.